The van der Waals surface area contributed by atoms with Crippen LogP contribution < -0.4 is 0 Å². The minimum atomic E-state index is -0.00480. The van der Waals surface area contributed by atoms with Crippen molar-refractivity contribution in [1.29, 1.82) is 0 Å². The molecule has 1 aromatic carbocycles. The van der Waals surface area contributed by atoms with Gasteiger partial charge in [-0.1, -0.05) is 26.8 Å². The molecule has 2 heteroatoms. The van der Waals surface area contributed by atoms with E-state index in [1.54, 1.807) is 0 Å². The first-order valence-electron chi connectivity index (χ1n) is 7.31. The van der Waals surface area contributed by atoms with Gasteiger partial charge in [0.2, 0.25) is 0 Å². The summed E-state index contributed by atoms with van der Waals surface area (Å²) in [6.45, 7) is 8.59. The molecule has 104 valence electrons. The predicted octanol–water partition coefficient (Wildman–Crippen LogP) is 4.36. The van der Waals surface area contributed by atoms with E-state index in [0.717, 1.165) is 17.5 Å². The minimum Gasteiger partial charge on any atom is -0.507 e. The van der Waals surface area contributed by atoms with Crippen LogP contribution in [0.2, 0.25) is 0 Å². The molecule has 0 spiro atoms. The van der Waals surface area contributed by atoms with Gasteiger partial charge in [-0.15, -0.1) is 0 Å². The Morgan fingerprint density at radius 1 is 1.37 bits per heavy atom. The average Bonchev–Trinajstić information content (AvgIpc) is 2.30. The second-order valence-corrected chi connectivity index (χ2v) is 6.35. The second-order valence-electron chi connectivity index (χ2n) is 6.35. The zero-order valence-electron chi connectivity index (χ0n) is 12.5. The summed E-state index contributed by atoms with van der Waals surface area (Å²) < 4.78 is 0. The number of aromatic hydroxyl groups is 1. The van der Waals surface area contributed by atoms with Gasteiger partial charge >= 0.3 is 0 Å². The Hall–Kier alpha value is -1.31. The van der Waals surface area contributed by atoms with Crippen molar-refractivity contribution in [2.24, 2.45) is 4.99 Å². The lowest BCUT2D eigenvalue weighted by molar-refractivity contribution is 0.420. The lowest BCUT2D eigenvalue weighted by atomic mass is 9.80. The van der Waals surface area contributed by atoms with Gasteiger partial charge in [0, 0.05) is 23.4 Å². The van der Waals surface area contributed by atoms with Gasteiger partial charge in [-0.2, -0.15) is 0 Å². The highest BCUT2D eigenvalue weighted by Crippen LogP contribution is 2.36. The topological polar surface area (TPSA) is 32.6 Å². The Bertz CT molecular complexity index is 484. The summed E-state index contributed by atoms with van der Waals surface area (Å²) in [4.78, 5) is 4.57. The average molecular weight is 259 g/mol. The summed E-state index contributed by atoms with van der Waals surface area (Å²) in [7, 11) is 0. The maximum absolute atomic E-state index is 10.5. The van der Waals surface area contributed by atoms with Crippen LogP contribution >= 0.6 is 0 Å². The van der Waals surface area contributed by atoms with E-state index in [9.17, 15) is 5.11 Å². The first kappa shape index (κ1) is 14.1. The molecule has 0 heterocycles. The van der Waals surface area contributed by atoms with E-state index in [-0.39, 0.29) is 5.41 Å². The summed E-state index contributed by atoms with van der Waals surface area (Å²) in [5.41, 5.74) is 3.08. The Balaban J connectivity index is 2.36. The first-order valence-corrected chi connectivity index (χ1v) is 7.31. The zero-order chi connectivity index (χ0) is 14.0. The quantitative estimate of drug-likeness (QED) is 0.801. The summed E-state index contributed by atoms with van der Waals surface area (Å²) in [6.07, 6.45) is 6.54. The number of nitrogens with zero attached hydrogens (tertiary/aromatic N) is 1. The molecule has 19 heavy (non-hydrogen) atoms. The molecule has 1 aliphatic rings. The van der Waals surface area contributed by atoms with Gasteiger partial charge in [-0.3, -0.25) is 4.99 Å². The van der Waals surface area contributed by atoms with Crippen LogP contribution in [0.3, 0.4) is 0 Å². The number of phenols is 1. The van der Waals surface area contributed by atoms with Crippen molar-refractivity contribution < 1.29 is 5.11 Å². The Labute approximate surface area is 116 Å². The third-order valence-corrected chi connectivity index (χ3v) is 4.40. The van der Waals surface area contributed by atoms with Crippen LogP contribution in [-0.2, 0) is 5.41 Å². The lowest BCUT2D eigenvalue weighted by Crippen LogP contribution is -2.17. The fourth-order valence-corrected chi connectivity index (χ4v) is 2.33. The molecule has 2 nitrogen and oxygen atoms in total. The van der Waals surface area contributed by atoms with Crippen molar-refractivity contribution in [1.82, 2.24) is 0 Å². The van der Waals surface area contributed by atoms with Crippen LogP contribution in [0.15, 0.2) is 17.1 Å². The molecule has 1 aromatic rings. The van der Waals surface area contributed by atoms with E-state index < -0.39 is 0 Å². The van der Waals surface area contributed by atoms with Crippen LogP contribution in [0.1, 0.15) is 63.1 Å². The molecule has 0 radical (unpaired) electrons. The molecule has 2 rings (SSSR count). The van der Waals surface area contributed by atoms with E-state index in [1.807, 2.05) is 12.3 Å². The largest absolute Gasteiger partial charge is 0.507 e. The van der Waals surface area contributed by atoms with Crippen LogP contribution in [0.5, 0.6) is 5.75 Å². The van der Waals surface area contributed by atoms with E-state index in [4.69, 9.17) is 0 Å². The number of hydrogen-bond donors (Lipinski definition) is 1. The molecule has 0 amide bonds. The van der Waals surface area contributed by atoms with E-state index in [1.165, 1.54) is 24.8 Å². The van der Waals surface area contributed by atoms with E-state index in [0.29, 0.717) is 11.8 Å². The Morgan fingerprint density at radius 2 is 2.05 bits per heavy atom. The smallest absolute Gasteiger partial charge is 0.128 e. The van der Waals surface area contributed by atoms with Gasteiger partial charge in [-0.05, 0) is 49.7 Å². The van der Waals surface area contributed by atoms with E-state index in [2.05, 4.69) is 38.8 Å². The Kier molecular flexibility index (Phi) is 3.98. The van der Waals surface area contributed by atoms with Gasteiger partial charge < -0.3 is 5.11 Å². The van der Waals surface area contributed by atoms with Crippen LogP contribution in [0, 0.1) is 6.92 Å². The third-order valence-electron chi connectivity index (χ3n) is 4.40. The molecule has 1 N–H and O–H groups in total. The van der Waals surface area contributed by atoms with Crippen molar-refractivity contribution in [3.63, 3.8) is 0 Å². The fraction of sp³-hybridized carbons (Fsp3) is 0.588. The summed E-state index contributed by atoms with van der Waals surface area (Å²) in [5.74, 6) is 0.403. The number of rotatable bonds is 4. The van der Waals surface area contributed by atoms with Crippen LogP contribution in [0.25, 0.3) is 0 Å². The molecule has 0 aromatic heterocycles. The SMILES string of the molecule is CCC(C)(C)c1cc(C)cc(C=NC2CCC2)c1O. The summed E-state index contributed by atoms with van der Waals surface area (Å²) in [6, 6.07) is 4.59. The maximum Gasteiger partial charge on any atom is 0.128 e. The van der Waals surface area contributed by atoms with Crippen molar-refractivity contribution in [2.45, 2.75) is 64.8 Å². The Morgan fingerprint density at radius 3 is 2.58 bits per heavy atom. The van der Waals surface area contributed by atoms with Crippen molar-refractivity contribution >= 4 is 6.21 Å². The van der Waals surface area contributed by atoms with Crippen molar-refractivity contribution in [3.8, 4) is 5.75 Å². The molecule has 1 aliphatic carbocycles. The molecule has 0 saturated heterocycles. The van der Waals surface area contributed by atoms with Crippen LogP contribution in [0.4, 0.5) is 0 Å². The lowest BCUT2D eigenvalue weighted by Gasteiger charge is -2.26. The van der Waals surface area contributed by atoms with E-state index >= 15 is 0 Å². The second kappa shape index (κ2) is 5.36. The zero-order valence-corrected chi connectivity index (χ0v) is 12.5. The highest BCUT2D eigenvalue weighted by Gasteiger charge is 2.23. The molecular weight excluding hydrogens is 234 g/mol. The van der Waals surface area contributed by atoms with Gasteiger partial charge in [0.1, 0.15) is 5.75 Å². The maximum atomic E-state index is 10.5. The van der Waals surface area contributed by atoms with Crippen molar-refractivity contribution in [3.05, 3.63) is 28.8 Å². The molecule has 0 aliphatic heterocycles. The number of aliphatic imine (C=N–C) groups is 1. The van der Waals surface area contributed by atoms with Crippen LogP contribution in [-0.4, -0.2) is 17.4 Å². The van der Waals surface area contributed by atoms with Gasteiger partial charge in [0.15, 0.2) is 0 Å². The molecular formula is C17H25NO. The summed E-state index contributed by atoms with van der Waals surface area (Å²) in [5, 5.41) is 10.5. The number of benzene rings is 1. The normalized spacial score (nSPS) is 16.8. The number of phenolic OH excluding ortho intramolecular Hbond substituents is 1. The predicted molar refractivity (Wildman–Crippen MR) is 81.4 cm³/mol. The van der Waals surface area contributed by atoms with Gasteiger partial charge in [-0.25, -0.2) is 0 Å². The minimum absolute atomic E-state index is 0.00480. The van der Waals surface area contributed by atoms with Crippen molar-refractivity contribution in [2.75, 3.05) is 0 Å². The third kappa shape index (κ3) is 2.99. The monoisotopic (exact) mass is 259 g/mol. The molecule has 0 unspecified atom stereocenters. The molecule has 0 bridgehead atoms. The highest BCUT2D eigenvalue weighted by atomic mass is 16.3. The molecule has 1 saturated carbocycles. The standard InChI is InChI=1S/C17H25NO/c1-5-17(3,4)15-10-12(2)9-13(16(15)19)11-18-14-7-6-8-14/h9-11,14,19H,5-8H2,1-4H3. The molecule has 1 fully saturated rings. The van der Waals surface area contributed by atoms with Gasteiger partial charge in [0.05, 0.1) is 0 Å². The fourth-order valence-electron chi connectivity index (χ4n) is 2.33. The molecule has 0 atom stereocenters. The number of hydrogen-bond acceptors (Lipinski definition) is 2. The van der Waals surface area contributed by atoms with Gasteiger partial charge in [0.25, 0.3) is 0 Å². The highest BCUT2D eigenvalue weighted by molar-refractivity contribution is 5.85. The summed E-state index contributed by atoms with van der Waals surface area (Å²) >= 11 is 0. The number of aryl methyl sites for hydroxylation is 1. The first-order chi connectivity index (χ1) is 8.94.